The fourth-order valence-corrected chi connectivity index (χ4v) is 5.30. The van der Waals surface area contributed by atoms with Gasteiger partial charge < -0.3 is 14.8 Å². The summed E-state index contributed by atoms with van der Waals surface area (Å²) in [4.78, 5) is 27.6. The van der Waals surface area contributed by atoms with Crippen LogP contribution in [0.2, 0.25) is 0 Å². The molecule has 2 aliphatic rings. The minimum absolute atomic E-state index is 0.0717. The Morgan fingerprint density at radius 3 is 2.72 bits per heavy atom. The summed E-state index contributed by atoms with van der Waals surface area (Å²) in [5.74, 6) is -1.82. The van der Waals surface area contributed by atoms with Crippen molar-refractivity contribution in [3.8, 4) is 0 Å². The van der Waals surface area contributed by atoms with Crippen molar-refractivity contribution < 1.29 is 23.5 Å². The second-order valence-corrected chi connectivity index (χ2v) is 8.87. The topological polar surface area (TPSA) is 64.6 Å². The van der Waals surface area contributed by atoms with E-state index >= 15 is 0 Å². The van der Waals surface area contributed by atoms with Crippen LogP contribution in [0, 0.1) is 5.82 Å². The molecule has 0 bridgehead atoms. The summed E-state index contributed by atoms with van der Waals surface area (Å²) in [6.07, 6.45) is 0.967. The number of allylic oxidation sites excluding steroid dienone is 3. The molecule has 4 rings (SSSR count). The molecule has 0 unspecified atom stereocenters. The van der Waals surface area contributed by atoms with Gasteiger partial charge in [-0.1, -0.05) is 24.3 Å². The van der Waals surface area contributed by atoms with Crippen molar-refractivity contribution in [1.29, 1.82) is 0 Å². The Kier molecular flexibility index (Phi) is 6.86. The molecule has 0 saturated heterocycles. The Balaban J connectivity index is 1.73. The van der Waals surface area contributed by atoms with Gasteiger partial charge in [0, 0.05) is 46.4 Å². The third-order valence-electron chi connectivity index (χ3n) is 5.87. The zero-order valence-corrected chi connectivity index (χ0v) is 19.0. The quantitative estimate of drug-likeness (QED) is 0.479. The minimum Gasteiger partial charge on any atom is -0.460 e. The van der Waals surface area contributed by atoms with Crippen LogP contribution in [-0.2, 0) is 19.1 Å². The van der Waals surface area contributed by atoms with Crippen molar-refractivity contribution in [1.82, 2.24) is 5.32 Å². The Morgan fingerprint density at radius 2 is 2.00 bits per heavy atom. The number of carbonyl (C=O) groups excluding carboxylic acids is 2. The number of esters is 1. The molecule has 2 heterocycles. The lowest BCUT2D eigenvalue weighted by molar-refractivity contribution is -0.140. The summed E-state index contributed by atoms with van der Waals surface area (Å²) in [5.41, 5.74) is 2.38. The van der Waals surface area contributed by atoms with Crippen molar-refractivity contribution in [3.63, 3.8) is 0 Å². The Bertz CT molecular complexity index is 1070. The van der Waals surface area contributed by atoms with Gasteiger partial charge in [0.05, 0.1) is 18.1 Å². The number of benzene rings is 1. The highest BCUT2D eigenvalue weighted by molar-refractivity contribution is 7.10. The number of ether oxygens (including phenoxy) is 2. The molecule has 0 spiro atoms. The van der Waals surface area contributed by atoms with Gasteiger partial charge in [0.25, 0.3) is 0 Å². The van der Waals surface area contributed by atoms with Gasteiger partial charge in [-0.15, -0.1) is 11.3 Å². The summed E-state index contributed by atoms with van der Waals surface area (Å²) in [5, 5.41) is 5.28. The number of ketones is 1. The largest absolute Gasteiger partial charge is 0.460 e. The van der Waals surface area contributed by atoms with Crippen LogP contribution in [0.15, 0.2) is 64.3 Å². The van der Waals surface area contributed by atoms with E-state index in [9.17, 15) is 14.0 Å². The Morgan fingerprint density at radius 1 is 1.19 bits per heavy atom. The number of dihydropyridines is 1. The standard InChI is InChI=1S/C25H26FNO4S/c1-3-30-10-11-31-25(29)22-15(2)27-19-13-16(21-9-6-12-32-21)14-20(28)24(19)23(22)17-7-4-5-8-18(17)26/h4-9,12,16,23,27H,3,10-11,13-14H2,1-2H3/t16-,23+/m0/s1. The first-order valence-corrected chi connectivity index (χ1v) is 11.7. The first-order valence-electron chi connectivity index (χ1n) is 10.8. The smallest absolute Gasteiger partial charge is 0.336 e. The van der Waals surface area contributed by atoms with Gasteiger partial charge in [-0.3, -0.25) is 4.79 Å². The van der Waals surface area contributed by atoms with Crippen molar-refractivity contribution in [2.24, 2.45) is 0 Å². The zero-order chi connectivity index (χ0) is 22.7. The van der Waals surface area contributed by atoms with Crippen LogP contribution in [0.4, 0.5) is 4.39 Å². The molecule has 2 atom stereocenters. The number of carbonyl (C=O) groups is 2. The summed E-state index contributed by atoms with van der Waals surface area (Å²) in [7, 11) is 0. The average Bonchev–Trinajstić information content (AvgIpc) is 3.31. The second kappa shape index (κ2) is 9.79. The summed E-state index contributed by atoms with van der Waals surface area (Å²) in [6.45, 7) is 4.53. The number of Topliss-reactive ketones (excluding diaryl/α,β-unsaturated/α-hetero) is 1. The fourth-order valence-electron chi connectivity index (χ4n) is 4.47. The van der Waals surface area contributed by atoms with E-state index < -0.39 is 17.7 Å². The Labute approximate surface area is 190 Å². The molecule has 1 N–H and O–H groups in total. The van der Waals surface area contributed by atoms with E-state index in [2.05, 4.69) is 5.32 Å². The lowest BCUT2D eigenvalue weighted by atomic mass is 9.72. The van der Waals surface area contributed by atoms with Gasteiger partial charge in [0.15, 0.2) is 5.78 Å². The monoisotopic (exact) mass is 455 g/mol. The lowest BCUT2D eigenvalue weighted by Gasteiger charge is -2.36. The average molecular weight is 456 g/mol. The maximum atomic E-state index is 14.9. The van der Waals surface area contributed by atoms with Gasteiger partial charge in [0.1, 0.15) is 12.4 Å². The normalized spacial score (nSPS) is 20.8. The molecule has 7 heteroatoms. The zero-order valence-electron chi connectivity index (χ0n) is 18.2. The molecule has 0 radical (unpaired) electrons. The third-order valence-corrected chi connectivity index (χ3v) is 6.91. The number of hydrogen-bond donors (Lipinski definition) is 1. The van der Waals surface area contributed by atoms with Gasteiger partial charge in [-0.05, 0) is 37.8 Å². The number of halogens is 1. The van der Waals surface area contributed by atoms with Crippen molar-refractivity contribution in [2.75, 3.05) is 19.8 Å². The van der Waals surface area contributed by atoms with Crippen molar-refractivity contribution in [3.05, 3.63) is 80.6 Å². The third kappa shape index (κ3) is 4.40. The molecule has 0 fully saturated rings. The molecule has 2 aromatic rings. The molecule has 1 aromatic heterocycles. The summed E-state index contributed by atoms with van der Waals surface area (Å²) in [6, 6.07) is 10.3. The lowest BCUT2D eigenvalue weighted by Crippen LogP contribution is -2.36. The van der Waals surface area contributed by atoms with Crippen LogP contribution in [0.25, 0.3) is 0 Å². The van der Waals surface area contributed by atoms with E-state index in [-0.39, 0.29) is 30.5 Å². The molecule has 0 amide bonds. The van der Waals surface area contributed by atoms with Gasteiger partial charge in [-0.25, -0.2) is 9.18 Å². The highest BCUT2D eigenvalue weighted by Crippen LogP contribution is 2.46. The molecule has 1 aliphatic heterocycles. The fraction of sp³-hybridized carbons (Fsp3) is 0.360. The first-order chi connectivity index (χ1) is 15.5. The molecule has 1 aliphatic carbocycles. The number of thiophene rings is 1. The Hall–Kier alpha value is -2.77. The van der Waals surface area contributed by atoms with Gasteiger partial charge in [-0.2, -0.15) is 0 Å². The molecular weight excluding hydrogens is 429 g/mol. The molecule has 168 valence electrons. The van der Waals surface area contributed by atoms with Gasteiger partial charge >= 0.3 is 5.97 Å². The highest BCUT2D eigenvalue weighted by atomic mass is 32.1. The van der Waals surface area contributed by atoms with Crippen LogP contribution in [0.5, 0.6) is 0 Å². The van der Waals surface area contributed by atoms with Crippen molar-refractivity contribution >= 4 is 23.1 Å². The predicted molar refractivity (Wildman–Crippen MR) is 121 cm³/mol. The molecular formula is C25H26FNO4S. The van der Waals surface area contributed by atoms with Crippen LogP contribution >= 0.6 is 11.3 Å². The summed E-state index contributed by atoms with van der Waals surface area (Å²) < 4.78 is 25.6. The molecule has 0 saturated carbocycles. The first kappa shape index (κ1) is 22.4. The maximum absolute atomic E-state index is 14.9. The van der Waals surface area contributed by atoms with Crippen molar-refractivity contribution in [2.45, 2.75) is 38.5 Å². The van der Waals surface area contributed by atoms with E-state index in [0.717, 1.165) is 10.6 Å². The number of nitrogens with one attached hydrogen (secondary N) is 1. The van der Waals surface area contributed by atoms with E-state index in [4.69, 9.17) is 9.47 Å². The highest BCUT2D eigenvalue weighted by Gasteiger charge is 2.42. The molecule has 32 heavy (non-hydrogen) atoms. The maximum Gasteiger partial charge on any atom is 0.336 e. The predicted octanol–water partition coefficient (Wildman–Crippen LogP) is 4.83. The van der Waals surface area contributed by atoms with Crippen LogP contribution in [0.1, 0.15) is 49.0 Å². The second-order valence-electron chi connectivity index (χ2n) is 7.89. The van der Waals surface area contributed by atoms with E-state index in [1.165, 1.54) is 6.07 Å². The summed E-state index contributed by atoms with van der Waals surface area (Å²) >= 11 is 1.63. The van der Waals surface area contributed by atoms with Crippen LogP contribution < -0.4 is 5.32 Å². The molecule has 1 aromatic carbocycles. The number of hydrogen-bond acceptors (Lipinski definition) is 6. The molecule has 5 nitrogen and oxygen atoms in total. The SMILES string of the molecule is CCOCCOC(=O)C1=C(C)NC2=C(C(=O)C[C@@H](c3cccs3)C2)[C@@H]1c1ccccc1F. The van der Waals surface area contributed by atoms with Gasteiger partial charge in [0.2, 0.25) is 0 Å². The number of rotatable bonds is 7. The minimum atomic E-state index is -0.802. The van der Waals surface area contributed by atoms with Crippen LogP contribution in [0.3, 0.4) is 0 Å². The van der Waals surface area contributed by atoms with E-state index in [1.54, 1.807) is 36.5 Å². The van der Waals surface area contributed by atoms with E-state index in [1.807, 2.05) is 24.4 Å². The van der Waals surface area contributed by atoms with Crippen LogP contribution in [-0.4, -0.2) is 31.6 Å². The van der Waals surface area contributed by atoms with E-state index in [0.29, 0.717) is 36.3 Å².